The van der Waals surface area contributed by atoms with E-state index in [2.05, 4.69) is 15.0 Å². The van der Waals surface area contributed by atoms with E-state index in [-0.39, 0.29) is 12.5 Å². The Hall–Kier alpha value is -3.13. The molecule has 2 N–H and O–H groups in total. The lowest BCUT2D eigenvalue weighted by molar-refractivity contribution is 0.0950. The maximum Gasteiger partial charge on any atom is 0.253 e. The number of amides is 1. The Morgan fingerprint density at radius 2 is 1.93 bits per heavy atom. The molecule has 1 heterocycles. The second kappa shape index (κ2) is 7.85. The Morgan fingerprint density at radius 3 is 2.64 bits per heavy atom. The number of fused-ring (bicyclic) bond motifs is 1. The first-order valence-corrected chi connectivity index (χ1v) is 10.4. The summed E-state index contributed by atoms with van der Waals surface area (Å²) < 4.78 is 30.4. The maximum absolute atomic E-state index is 12.7. The third kappa shape index (κ3) is 4.77. The van der Waals surface area contributed by atoms with Gasteiger partial charge in [0.2, 0.25) is 10.0 Å². The van der Waals surface area contributed by atoms with Gasteiger partial charge < -0.3 is 10.1 Å². The number of carbonyl (C=O) groups is 1. The molecule has 0 aliphatic carbocycles. The number of rotatable bonds is 6. The molecular weight excluding hydrogens is 378 g/mol. The fraction of sp³-hybridized carbons (Fsp3) is 0.200. The molecule has 0 bridgehead atoms. The van der Waals surface area contributed by atoms with Crippen LogP contribution in [0.3, 0.4) is 0 Å². The highest BCUT2D eigenvalue weighted by Gasteiger charge is 2.12. The molecular formula is C20H21N3O4S. The molecule has 1 amide bonds. The van der Waals surface area contributed by atoms with Crippen LogP contribution in [-0.2, 0) is 16.6 Å². The molecule has 1 aromatic heterocycles. The van der Waals surface area contributed by atoms with Crippen LogP contribution in [-0.4, -0.2) is 32.7 Å². The standard InChI is InChI=1S/C20H21N3O4S/c1-13-18(11-15-10-17(27-2)7-8-19(15)22-13)20(24)21-12-14-5-4-6-16(9-14)23-28(3,25)26/h4-11,23H,12H2,1-3H3,(H,21,24). The van der Waals surface area contributed by atoms with Crippen LogP contribution < -0.4 is 14.8 Å². The average molecular weight is 399 g/mol. The zero-order chi connectivity index (χ0) is 20.3. The number of anilines is 1. The molecule has 3 aromatic rings. The van der Waals surface area contributed by atoms with Gasteiger partial charge in [0.1, 0.15) is 5.75 Å². The molecule has 28 heavy (non-hydrogen) atoms. The number of hydrogen-bond donors (Lipinski definition) is 2. The van der Waals surface area contributed by atoms with E-state index in [4.69, 9.17) is 4.74 Å². The minimum Gasteiger partial charge on any atom is -0.497 e. The first kappa shape index (κ1) is 19.6. The number of nitrogens with one attached hydrogen (secondary N) is 2. The van der Waals surface area contributed by atoms with Crippen molar-refractivity contribution in [3.8, 4) is 5.75 Å². The molecule has 0 saturated heterocycles. The van der Waals surface area contributed by atoms with Gasteiger partial charge >= 0.3 is 0 Å². The number of carbonyl (C=O) groups excluding carboxylic acids is 1. The Labute approximate surface area is 163 Å². The summed E-state index contributed by atoms with van der Waals surface area (Å²) in [7, 11) is -1.77. The van der Waals surface area contributed by atoms with Crippen LogP contribution in [0.1, 0.15) is 21.6 Å². The SMILES string of the molecule is COc1ccc2nc(C)c(C(=O)NCc3cccc(NS(C)(=O)=O)c3)cc2c1. The molecule has 0 aliphatic rings. The van der Waals surface area contributed by atoms with E-state index >= 15 is 0 Å². The highest BCUT2D eigenvalue weighted by atomic mass is 32.2. The predicted molar refractivity (Wildman–Crippen MR) is 109 cm³/mol. The topological polar surface area (TPSA) is 97.4 Å². The number of ether oxygens (including phenoxy) is 1. The zero-order valence-corrected chi connectivity index (χ0v) is 16.6. The molecule has 2 aromatic carbocycles. The number of hydrogen-bond acceptors (Lipinski definition) is 5. The number of methoxy groups -OCH3 is 1. The first-order chi connectivity index (χ1) is 13.2. The van der Waals surface area contributed by atoms with Crippen molar-refractivity contribution in [3.63, 3.8) is 0 Å². The summed E-state index contributed by atoms with van der Waals surface area (Å²) in [5.74, 6) is 0.441. The molecule has 0 atom stereocenters. The molecule has 7 nitrogen and oxygen atoms in total. The van der Waals surface area contributed by atoms with Gasteiger partial charge in [-0.15, -0.1) is 0 Å². The summed E-state index contributed by atoms with van der Waals surface area (Å²) in [5, 5.41) is 3.67. The fourth-order valence-corrected chi connectivity index (χ4v) is 3.40. The third-order valence-electron chi connectivity index (χ3n) is 4.14. The van der Waals surface area contributed by atoms with Crippen LogP contribution in [0.2, 0.25) is 0 Å². The highest BCUT2D eigenvalue weighted by molar-refractivity contribution is 7.92. The number of nitrogens with zero attached hydrogens (tertiary/aromatic N) is 1. The Bertz CT molecular complexity index is 1140. The van der Waals surface area contributed by atoms with E-state index in [1.807, 2.05) is 24.3 Å². The van der Waals surface area contributed by atoms with Crippen LogP contribution in [0.25, 0.3) is 10.9 Å². The number of aryl methyl sites for hydroxylation is 1. The molecule has 3 rings (SSSR count). The summed E-state index contributed by atoms with van der Waals surface area (Å²) in [5.41, 5.74) is 3.11. The largest absolute Gasteiger partial charge is 0.497 e. The van der Waals surface area contributed by atoms with Gasteiger partial charge in [0, 0.05) is 17.6 Å². The van der Waals surface area contributed by atoms with Crippen molar-refractivity contribution in [2.45, 2.75) is 13.5 Å². The van der Waals surface area contributed by atoms with Gasteiger partial charge in [0.05, 0.1) is 30.1 Å². The Balaban J connectivity index is 1.78. The summed E-state index contributed by atoms with van der Waals surface area (Å²) in [6.45, 7) is 2.04. The van der Waals surface area contributed by atoms with Crippen molar-refractivity contribution in [1.82, 2.24) is 10.3 Å². The van der Waals surface area contributed by atoms with Crippen LogP contribution in [0.5, 0.6) is 5.75 Å². The lowest BCUT2D eigenvalue weighted by Gasteiger charge is -2.11. The van der Waals surface area contributed by atoms with Gasteiger partial charge in [-0.3, -0.25) is 14.5 Å². The third-order valence-corrected chi connectivity index (χ3v) is 4.75. The normalized spacial score (nSPS) is 11.2. The van der Waals surface area contributed by atoms with Crippen molar-refractivity contribution in [3.05, 3.63) is 65.4 Å². The quantitative estimate of drug-likeness (QED) is 0.664. The Kier molecular flexibility index (Phi) is 5.51. The van der Waals surface area contributed by atoms with Crippen LogP contribution in [0.15, 0.2) is 48.5 Å². The highest BCUT2D eigenvalue weighted by Crippen LogP contribution is 2.22. The van der Waals surface area contributed by atoms with Crippen LogP contribution in [0.4, 0.5) is 5.69 Å². The minimum atomic E-state index is -3.36. The summed E-state index contributed by atoms with van der Waals surface area (Å²) in [6.07, 6.45) is 1.09. The van der Waals surface area contributed by atoms with E-state index in [1.54, 1.807) is 38.3 Å². The van der Waals surface area contributed by atoms with Gasteiger partial charge in [0.15, 0.2) is 0 Å². The van der Waals surface area contributed by atoms with Gasteiger partial charge in [-0.2, -0.15) is 0 Å². The van der Waals surface area contributed by atoms with E-state index in [9.17, 15) is 13.2 Å². The second-order valence-corrected chi connectivity index (χ2v) is 8.19. The number of benzene rings is 2. The monoisotopic (exact) mass is 399 g/mol. The molecule has 8 heteroatoms. The lowest BCUT2D eigenvalue weighted by Crippen LogP contribution is -2.24. The number of sulfonamides is 1. The summed E-state index contributed by atoms with van der Waals surface area (Å²) >= 11 is 0. The Morgan fingerprint density at radius 1 is 1.14 bits per heavy atom. The van der Waals surface area contributed by atoms with E-state index in [1.165, 1.54) is 0 Å². The number of aromatic nitrogens is 1. The summed E-state index contributed by atoms with van der Waals surface area (Å²) in [4.78, 5) is 17.1. The number of pyridine rings is 1. The molecule has 0 spiro atoms. The smallest absolute Gasteiger partial charge is 0.253 e. The van der Waals surface area contributed by atoms with Crippen molar-refractivity contribution in [1.29, 1.82) is 0 Å². The molecule has 0 radical (unpaired) electrons. The zero-order valence-electron chi connectivity index (χ0n) is 15.8. The molecule has 0 saturated carbocycles. The van der Waals surface area contributed by atoms with Crippen LogP contribution >= 0.6 is 0 Å². The van der Waals surface area contributed by atoms with Gasteiger partial charge in [-0.05, 0) is 48.9 Å². The van der Waals surface area contributed by atoms with E-state index < -0.39 is 10.0 Å². The van der Waals surface area contributed by atoms with Gasteiger partial charge in [-0.25, -0.2) is 8.42 Å². The summed E-state index contributed by atoms with van der Waals surface area (Å²) in [6, 6.07) is 14.2. The van der Waals surface area contributed by atoms with Crippen molar-refractivity contribution >= 4 is 32.5 Å². The van der Waals surface area contributed by atoms with Crippen LogP contribution in [0, 0.1) is 6.92 Å². The average Bonchev–Trinajstić information content (AvgIpc) is 2.64. The van der Waals surface area contributed by atoms with E-state index in [0.717, 1.165) is 22.7 Å². The van der Waals surface area contributed by atoms with Crippen molar-refractivity contribution < 1.29 is 17.9 Å². The minimum absolute atomic E-state index is 0.254. The maximum atomic E-state index is 12.7. The second-order valence-electron chi connectivity index (χ2n) is 6.44. The van der Waals surface area contributed by atoms with Crippen molar-refractivity contribution in [2.24, 2.45) is 0 Å². The molecule has 146 valence electrons. The van der Waals surface area contributed by atoms with Gasteiger partial charge in [0.25, 0.3) is 5.91 Å². The fourth-order valence-electron chi connectivity index (χ4n) is 2.84. The first-order valence-electron chi connectivity index (χ1n) is 8.55. The predicted octanol–water partition coefficient (Wildman–Crippen LogP) is 2.85. The van der Waals surface area contributed by atoms with Gasteiger partial charge in [-0.1, -0.05) is 12.1 Å². The molecule has 0 unspecified atom stereocenters. The molecule has 0 aliphatic heterocycles. The lowest BCUT2D eigenvalue weighted by atomic mass is 10.1. The van der Waals surface area contributed by atoms with Crippen molar-refractivity contribution in [2.75, 3.05) is 18.1 Å². The molecule has 0 fully saturated rings. The van der Waals surface area contributed by atoms with E-state index in [0.29, 0.717) is 22.7 Å².